The summed E-state index contributed by atoms with van der Waals surface area (Å²) in [5.41, 5.74) is 3.40. The van der Waals surface area contributed by atoms with Gasteiger partial charge < -0.3 is 4.74 Å². The lowest BCUT2D eigenvalue weighted by molar-refractivity contribution is 0.0604. The smallest absolute Gasteiger partial charge is 0.434 e. The van der Waals surface area contributed by atoms with Crippen molar-refractivity contribution in [3.8, 4) is 6.07 Å². The molecular weight excluding hydrogens is 252 g/mol. The molecule has 0 fully saturated rings. The third-order valence-electron chi connectivity index (χ3n) is 3.01. The highest BCUT2D eigenvalue weighted by atomic mass is 16.6. The van der Waals surface area contributed by atoms with Gasteiger partial charge in [0, 0.05) is 0 Å². The Hall–Kier alpha value is -2.15. The molecule has 1 aliphatic carbocycles. The maximum Gasteiger partial charge on any atom is 0.434 e. The summed E-state index contributed by atoms with van der Waals surface area (Å²) in [4.78, 5) is 15.8. The second-order valence-corrected chi connectivity index (χ2v) is 5.87. The lowest BCUT2D eigenvalue weighted by Crippen LogP contribution is -2.22. The zero-order valence-corrected chi connectivity index (χ0v) is 12.1. The predicted octanol–water partition coefficient (Wildman–Crippen LogP) is 3.42. The van der Waals surface area contributed by atoms with Crippen molar-refractivity contribution >= 4 is 11.8 Å². The summed E-state index contributed by atoms with van der Waals surface area (Å²) >= 11 is 0. The molecule has 1 aliphatic rings. The van der Waals surface area contributed by atoms with E-state index >= 15 is 0 Å². The molecule has 0 radical (unpaired) electrons. The van der Waals surface area contributed by atoms with Crippen molar-refractivity contribution in [2.45, 2.75) is 45.6 Å². The fourth-order valence-corrected chi connectivity index (χ4v) is 2.24. The molecule has 0 spiro atoms. The number of amides is 1. The fourth-order valence-electron chi connectivity index (χ4n) is 2.24. The van der Waals surface area contributed by atoms with Gasteiger partial charge in [0.1, 0.15) is 5.60 Å². The van der Waals surface area contributed by atoms with E-state index in [0.29, 0.717) is 6.42 Å². The van der Waals surface area contributed by atoms with Crippen LogP contribution in [0.4, 0.5) is 4.79 Å². The number of aliphatic imine (C=N–C) groups is 1. The van der Waals surface area contributed by atoms with Crippen molar-refractivity contribution in [3.05, 3.63) is 34.9 Å². The summed E-state index contributed by atoms with van der Waals surface area (Å²) in [5, 5.41) is 8.71. The molecule has 0 aromatic heterocycles. The number of hydrogen-bond donors (Lipinski definition) is 0. The number of hydrogen-bond acceptors (Lipinski definition) is 3. The first-order valence-corrected chi connectivity index (χ1v) is 6.69. The first-order valence-electron chi connectivity index (χ1n) is 6.69. The maximum atomic E-state index is 11.7. The average Bonchev–Trinajstić information content (AvgIpc) is 2.70. The number of carbonyl (C=O) groups is 1. The summed E-state index contributed by atoms with van der Waals surface area (Å²) in [6, 6.07) is 8.02. The van der Waals surface area contributed by atoms with Crippen LogP contribution < -0.4 is 0 Å². The van der Waals surface area contributed by atoms with Crippen LogP contribution in [0.15, 0.2) is 23.2 Å². The molecule has 0 unspecified atom stereocenters. The molecule has 0 N–H and O–H groups in total. The summed E-state index contributed by atoms with van der Waals surface area (Å²) in [7, 11) is 0. The molecule has 0 saturated heterocycles. The number of fused-ring (bicyclic) bond motifs is 1. The molecular formula is C16H18N2O2. The van der Waals surface area contributed by atoms with E-state index in [4.69, 9.17) is 10.00 Å². The van der Waals surface area contributed by atoms with Crippen LogP contribution in [0.2, 0.25) is 0 Å². The Labute approximate surface area is 119 Å². The normalized spacial score (nSPS) is 15.8. The Morgan fingerprint density at radius 2 is 2.15 bits per heavy atom. The number of ether oxygens (including phenoxy) is 1. The zero-order chi connectivity index (χ0) is 14.8. The minimum absolute atomic E-state index is 0.409. The number of rotatable bonds is 1. The van der Waals surface area contributed by atoms with Crippen LogP contribution in [0.1, 0.15) is 43.9 Å². The van der Waals surface area contributed by atoms with Gasteiger partial charge in [-0.3, -0.25) is 0 Å². The van der Waals surface area contributed by atoms with Crippen molar-refractivity contribution in [2.24, 2.45) is 4.99 Å². The van der Waals surface area contributed by atoms with Crippen molar-refractivity contribution in [3.63, 3.8) is 0 Å². The van der Waals surface area contributed by atoms with E-state index in [1.165, 1.54) is 0 Å². The summed E-state index contributed by atoms with van der Waals surface area (Å²) in [6.07, 6.45) is 1.47. The standard InChI is InChI=1S/C16H18N2O2/c1-16(2,3)20-15(19)18-14-7-5-12-10-11(8-9-17)4-6-13(12)14/h4,6,10H,5,7-8H2,1-3H3/b18-14-. The van der Waals surface area contributed by atoms with Crippen molar-refractivity contribution in [1.82, 2.24) is 0 Å². The molecule has 0 atom stereocenters. The largest absolute Gasteiger partial charge is 0.442 e. The molecule has 1 aromatic rings. The molecule has 0 heterocycles. The molecule has 0 saturated carbocycles. The summed E-state index contributed by atoms with van der Waals surface area (Å²) in [5.74, 6) is 0. The van der Waals surface area contributed by atoms with Gasteiger partial charge in [-0.1, -0.05) is 18.2 Å². The number of nitriles is 1. The van der Waals surface area contributed by atoms with Gasteiger partial charge in [-0.25, -0.2) is 4.79 Å². The Morgan fingerprint density at radius 3 is 2.80 bits per heavy atom. The summed E-state index contributed by atoms with van der Waals surface area (Å²) < 4.78 is 5.21. The quantitative estimate of drug-likeness (QED) is 0.785. The van der Waals surface area contributed by atoms with Gasteiger partial charge in [0.2, 0.25) is 0 Å². The van der Waals surface area contributed by atoms with Crippen LogP contribution in [0.3, 0.4) is 0 Å². The Bertz CT molecular complexity index is 604. The Kier molecular flexibility index (Phi) is 3.89. The molecule has 104 valence electrons. The van der Waals surface area contributed by atoms with Gasteiger partial charge in [0.25, 0.3) is 0 Å². The molecule has 2 rings (SSSR count). The Morgan fingerprint density at radius 1 is 1.40 bits per heavy atom. The summed E-state index contributed by atoms with van der Waals surface area (Å²) in [6.45, 7) is 5.46. The molecule has 1 aromatic carbocycles. The topological polar surface area (TPSA) is 62.4 Å². The lowest BCUT2D eigenvalue weighted by Gasteiger charge is -2.17. The molecule has 20 heavy (non-hydrogen) atoms. The van der Waals surface area contributed by atoms with Crippen LogP contribution in [0, 0.1) is 11.3 Å². The van der Waals surface area contributed by atoms with E-state index in [1.54, 1.807) is 0 Å². The van der Waals surface area contributed by atoms with Crippen LogP contribution in [0.25, 0.3) is 0 Å². The molecule has 4 nitrogen and oxygen atoms in total. The van der Waals surface area contributed by atoms with Gasteiger partial charge in [-0.05, 0) is 50.3 Å². The molecule has 0 aliphatic heterocycles. The van der Waals surface area contributed by atoms with Gasteiger partial charge in [0.15, 0.2) is 0 Å². The molecule has 4 heteroatoms. The van der Waals surface area contributed by atoms with Gasteiger partial charge in [-0.2, -0.15) is 10.3 Å². The minimum Gasteiger partial charge on any atom is -0.442 e. The number of carbonyl (C=O) groups excluding carboxylic acids is 1. The first kappa shape index (κ1) is 14.3. The second-order valence-electron chi connectivity index (χ2n) is 5.87. The van der Waals surface area contributed by atoms with Gasteiger partial charge in [-0.15, -0.1) is 0 Å². The van der Waals surface area contributed by atoms with Gasteiger partial charge in [0.05, 0.1) is 18.2 Å². The fraction of sp³-hybridized carbons (Fsp3) is 0.438. The van der Waals surface area contributed by atoms with E-state index in [9.17, 15) is 4.79 Å². The van der Waals surface area contributed by atoms with Crippen molar-refractivity contribution < 1.29 is 9.53 Å². The van der Waals surface area contributed by atoms with Crippen LogP contribution in [-0.4, -0.2) is 17.4 Å². The van der Waals surface area contributed by atoms with E-state index in [0.717, 1.165) is 35.2 Å². The minimum atomic E-state index is -0.540. The van der Waals surface area contributed by atoms with E-state index in [-0.39, 0.29) is 0 Å². The molecule has 0 bridgehead atoms. The third kappa shape index (κ3) is 3.45. The highest BCUT2D eigenvalue weighted by Crippen LogP contribution is 2.24. The highest BCUT2D eigenvalue weighted by molar-refractivity contribution is 6.08. The van der Waals surface area contributed by atoms with E-state index < -0.39 is 11.7 Å². The maximum absolute atomic E-state index is 11.7. The highest BCUT2D eigenvalue weighted by Gasteiger charge is 2.21. The first-order chi connectivity index (χ1) is 9.39. The number of aryl methyl sites for hydroxylation is 1. The average molecular weight is 270 g/mol. The third-order valence-corrected chi connectivity index (χ3v) is 3.01. The van der Waals surface area contributed by atoms with Gasteiger partial charge >= 0.3 is 6.09 Å². The Balaban J connectivity index is 2.20. The lowest BCUT2D eigenvalue weighted by atomic mass is 10.0. The van der Waals surface area contributed by atoms with Crippen molar-refractivity contribution in [1.29, 1.82) is 5.26 Å². The second kappa shape index (κ2) is 5.46. The van der Waals surface area contributed by atoms with Crippen LogP contribution in [-0.2, 0) is 17.6 Å². The van der Waals surface area contributed by atoms with Crippen LogP contribution >= 0.6 is 0 Å². The predicted molar refractivity (Wildman–Crippen MR) is 76.9 cm³/mol. The molecule has 1 amide bonds. The van der Waals surface area contributed by atoms with E-state index in [1.807, 2.05) is 39.0 Å². The number of nitrogens with zero attached hydrogens (tertiary/aromatic N) is 2. The van der Waals surface area contributed by atoms with Crippen molar-refractivity contribution in [2.75, 3.05) is 0 Å². The van der Waals surface area contributed by atoms with Crippen LogP contribution in [0.5, 0.6) is 0 Å². The number of benzene rings is 1. The van der Waals surface area contributed by atoms with E-state index in [2.05, 4.69) is 11.1 Å². The SMILES string of the molecule is CC(C)(C)OC(=O)/N=C1/CCc2cc(CC#N)ccc21. The zero-order valence-electron chi connectivity index (χ0n) is 12.1. The monoisotopic (exact) mass is 270 g/mol.